The predicted octanol–water partition coefficient (Wildman–Crippen LogP) is 2.20. The molecule has 0 aliphatic carbocycles. The van der Waals surface area contributed by atoms with Crippen molar-refractivity contribution in [2.75, 3.05) is 20.1 Å². The molecule has 84 valence electrons. The van der Waals surface area contributed by atoms with Crippen molar-refractivity contribution in [1.29, 1.82) is 0 Å². The fourth-order valence-electron chi connectivity index (χ4n) is 1.51. The van der Waals surface area contributed by atoms with E-state index < -0.39 is 0 Å². The number of rotatable bonds is 5. The van der Waals surface area contributed by atoms with Gasteiger partial charge in [-0.25, -0.2) is 0 Å². The molecule has 0 heterocycles. The van der Waals surface area contributed by atoms with Crippen LogP contribution in [0.15, 0.2) is 24.3 Å². The number of aliphatic hydroxyl groups excluding tert-OH is 1. The van der Waals surface area contributed by atoms with Crippen LogP contribution >= 0.6 is 11.6 Å². The predicted molar refractivity (Wildman–Crippen MR) is 64.3 cm³/mol. The lowest BCUT2D eigenvalue weighted by molar-refractivity contribution is 0.142. The summed E-state index contributed by atoms with van der Waals surface area (Å²) in [5, 5.41) is 9.97. The number of nitrogens with zero attached hydrogens (tertiary/aromatic N) is 1. The average Bonchev–Trinajstić information content (AvgIpc) is 2.16. The van der Waals surface area contributed by atoms with Crippen LogP contribution in [0.1, 0.15) is 12.5 Å². The topological polar surface area (TPSA) is 23.5 Å². The van der Waals surface area contributed by atoms with Gasteiger partial charge in [0.1, 0.15) is 0 Å². The van der Waals surface area contributed by atoms with Crippen LogP contribution < -0.4 is 0 Å². The molecular weight excluding hydrogens is 210 g/mol. The summed E-state index contributed by atoms with van der Waals surface area (Å²) in [6, 6.07) is 7.90. The summed E-state index contributed by atoms with van der Waals surface area (Å²) in [5.74, 6) is 0. The summed E-state index contributed by atoms with van der Waals surface area (Å²) in [4.78, 5) is 2.12. The highest BCUT2D eigenvalue weighted by atomic mass is 35.5. The van der Waals surface area contributed by atoms with Gasteiger partial charge in [-0.3, -0.25) is 0 Å². The van der Waals surface area contributed by atoms with E-state index in [1.165, 1.54) is 5.56 Å². The van der Waals surface area contributed by atoms with Gasteiger partial charge in [0, 0.05) is 18.1 Å². The first-order valence-corrected chi connectivity index (χ1v) is 5.57. The second-order valence-corrected chi connectivity index (χ2v) is 4.42. The first-order chi connectivity index (χ1) is 7.08. The largest absolute Gasteiger partial charge is 0.392 e. The van der Waals surface area contributed by atoms with Crippen LogP contribution in [0.25, 0.3) is 0 Å². The van der Waals surface area contributed by atoms with Crippen molar-refractivity contribution in [2.45, 2.75) is 19.4 Å². The Balaban J connectivity index is 2.33. The van der Waals surface area contributed by atoms with Crippen LogP contribution in [0.3, 0.4) is 0 Å². The van der Waals surface area contributed by atoms with E-state index in [9.17, 15) is 5.11 Å². The molecule has 15 heavy (non-hydrogen) atoms. The fraction of sp³-hybridized carbons (Fsp3) is 0.500. The smallest absolute Gasteiger partial charge is 0.0638 e. The number of halogens is 1. The Morgan fingerprint density at radius 1 is 1.33 bits per heavy atom. The summed E-state index contributed by atoms with van der Waals surface area (Å²) in [6.07, 6.45) is 0.723. The lowest BCUT2D eigenvalue weighted by Gasteiger charge is -2.18. The minimum atomic E-state index is -0.264. The maximum absolute atomic E-state index is 9.20. The van der Waals surface area contributed by atoms with Crippen LogP contribution in [0.2, 0.25) is 5.02 Å². The van der Waals surface area contributed by atoms with E-state index in [1.807, 2.05) is 31.3 Å². The highest BCUT2D eigenvalue weighted by Gasteiger charge is 2.02. The normalized spacial score (nSPS) is 13.1. The van der Waals surface area contributed by atoms with Crippen LogP contribution in [0, 0.1) is 0 Å². The highest BCUT2D eigenvalue weighted by molar-refractivity contribution is 6.30. The van der Waals surface area contributed by atoms with E-state index in [0.717, 1.165) is 18.0 Å². The van der Waals surface area contributed by atoms with Gasteiger partial charge in [-0.1, -0.05) is 23.7 Å². The first-order valence-electron chi connectivity index (χ1n) is 5.19. The van der Waals surface area contributed by atoms with Gasteiger partial charge in [0.2, 0.25) is 0 Å². The molecule has 0 aromatic heterocycles. The van der Waals surface area contributed by atoms with E-state index in [1.54, 1.807) is 6.92 Å². The first kappa shape index (κ1) is 12.5. The van der Waals surface area contributed by atoms with E-state index in [-0.39, 0.29) is 6.10 Å². The number of aliphatic hydroxyl groups is 1. The molecule has 1 aromatic rings. The third-order valence-corrected chi connectivity index (χ3v) is 2.52. The second-order valence-electron chi connectivity index (χ2n) is 3.99. The maximum atomic E-state index is 9.20. The van der Waals surface area contributed by atoms with Crippen molar-refractivity contribution in [3.63, 3.8) is 0 Å². The van der Waals surface area contributed by atoms with Crippen molar-refractivity contribution < 1.29 is 5.11 Å². The van der Waals surface area contributed by atoms with E-state index in [2.05, 4.69) is 4.90 Å². The molecule has 1 unspecified atom stereocenters. The third kappa shape index (κ3) is 5.17. The van der Waals surface area contributed by atoms with Gasteiger partial charge in [-0.05, 0) is 38.1 Å². The number of likely N-dealkylation sites (N-methyl/N-ethyl adjacent to an activating group) is 1. The van der Waals surface area contributed by atoms with E-state index in [4.69, 9.17) is 11.6 Å². The zero-order valence-corrected chi connectivity index (χ0v) is 10.0. The molecule has 3 heteroatoms. The molecule has 1 N–H and O–H groups in total. The number of hydrogen-bond acceptors (Lipinski definition) is 2. The van der Waals surface area contributed by atoms with Gasteiger partial charge in [0.15, 0.2) is 0 Å². The Morgan fingerprint density at radius 3 is 2.47 bits per heavy atom. The summed E-state index contributed by atoms with van der Waals surface area (Å²) >= 11 is 5.80. The zero-order chi connectivity index (χ0) is 11.3. The van der Waals surface area contributed by atoms with Crippen molar-refractivity contribution in [1.82, 2.24) is 4.90 Å². The van der Waals surface area contributed by atoms with Gasteiger partial charge in [0.25, 0.3) is 0 Å². The SMILES string of the molecule is CC(O)CN(C)CCc1ccc(Cl)cc1. The molecular formula is C12H18ClNO. The molecule has 0 fully saturated rings. The van der Waals surface area contributed by atoms with Gasteiger partial charge < -0.3 is 10.0 Å². The Bertz CT molecular complexity index is 284. The molecule has 0 aliphatic rings. The van der Waals surface area contributed by atoms with Gasteiger partial charge in [-0.2, -0.15) is 0 Å². The van der Waals surface area contributed by atoms with Crippen LogP contribution in [0.5, 0.6) is 0 Å². The van der Waals surface area contributed by atoms with E-state index >= 15 is 0 Å². The van der Waals surface area contributed by atoms with E-state index in [0.29, 0.717) is 6.54 Å². The Hall–Kier alpha value is -0.570. The molecule has 0 radical (unpaired) electrons. The monoisotopic (exact) mass is 227 g/mol. The standard InChI is InChI=1S/C12H18ClNO/c1-10(15)9-14(2)8-7-11-3-5-12(13)6-4-11/h3-6,10,15H,7-9H2,1-2H3. The van der Waals surface area contributed by atoms with Gasteiger partial charge >= 0.3 is 0 Å². The zero-order valence-electron chi connectivity index (χ0n) is 9.28. The molecule has 0 amide bonds. The number of benzene rings is 1. The molecule has 0 saturated carbocycles. The minimum Gasteiger partial charge on any atom is -0.392 e. The average molecular weight is 228 g/mol. The maximum Gasteiger partial charge on any atom is 0.0638 e. The quantitative estimate of drug-likeness (QED) is 0.834. The summed E-state index contributed by atoms with van der Waals surface area (Å²) in [5.41, 5.74) is 1.27. The lowest BCUT2D eigenvalue weighted by atomic mass is 10.1. The van der Waals surface area contributed by atoms with Gasteiger partial charge in [-0.15, -0.1) is 0 Å². The molecule has 0 bridgehead atoms. The van der Waals surface area contributed by atoms with Crippen molar-refractivity contribution in [2.24, 2.45) is 0 Å². The Kier molecular flexibility index (Phi) is 5.09. The van der Waals surface area contributed by atoms with Gasteiger partial charge in [0.05, 0.1) is 6.10 Å². The number of hydrogen-bond donors (Lipinski definition) is 1. The molecule has 1 atom stereocenters. The molecule has 0 aliphatic heterocycles. The molecule has 2 nitrogen and oxygen atoms in total. The fourth-order valence-corrected chi connectivity index (χ4v) is 1.64. The Labute approximate surface area is 96.5 Å². The molecule has 1 rings (SSSR count). The second kappa shape index (κ2) is 6.11. The van der Waals surface area contributed by atoms with Crippen LogP contribution in [0.4, 0.5) is 0 Å². The van der Waals surface area contributed by atoms with Crippen molar-refractivity contribution >= 4 is 11.6 Å². The Morgan fingerprint density at radius 2 is 1.93 bits per heavy atom. The van der Waals surface area contributed by atoms with Crippen LogP contribution in [-0.2, 0) is 6.42 Å². The van der Waals surface area contributed by atoms with Crippen molar-refractivity contribution in [3.05, 3.63) is 34.9 Å². The summed E-state index contributed by atoms with van der Waals surface area (Å²) in [7, 11) is 2.02. The summed E-state index contributed by atoms with van der Waals surface area (Å²) in [6.45, 7) is 3.47. The third-order valence-electron chi connectivity index (χ3n) is 2.27. The molecule has 0 spiro atoms. The summed E-state index contributed by atoms with van der Waals surface area (Å²) < 4.78 is 0. The molecule has 1 aromatic carbocycles. The van der Waals surface area contributed by atoms with Crippen LogP contribution in [-0.4, -0.2) is 36.2 Å². The minimum absolute atomic E-state index is 0.264. The lowest BCUT2D eigenvalue weighted by Crippen LogP contribution is -2.29. The van der Waals surface area contributed by atoms with Crippen molar-refractivity contribution in [3.8, 4) is 0 Å². The highest BCUT2D eigenvalue weighted by Crippen LogP contribution is 2.10. The molecule has 0 saturated heterocycles.